The van der Waals surface area contributed by atoms with Crippen LogP contribution >= 0.6 is 11.6 Å². The first kappa shape index (κ1) is 15.1. The molecule has 1 fully saturated rings. The quantitative estimate of drug-likeness (QED) is 0.877. The van der Waals surface area contributed by atoms with Crippen LogP contribution in [0.5, 0.6) is 0 Å². The normalized spacial score (nSPS) is 17.3. The lowest BCUT2D eigenvalue weighted by Crippen LogP contribution is -2.27. The Balaban J connectivity index is 2.18. The van der Waals surface area contributed by atoms with Crippen molar-refractivity contribution in [2.45, 2.75) is 19.1 Å². The van der Waals surface area contributed by atoms with Crippen LogP contribution in [0.1, 0.15) is 24.6 Å². The molecule has 0 spiro atoms. The van der Waals surface area contributed by atoms with Gasteiger partial charge in [-0.3, -0.25) is 9.89 Å². The van der Waals surface area contributed by atoms with Gasteiger partial charge in [-0.15, -0.1) is 0 Å². The standard InChI is InChI=1S/C13H12ClF2N3O3/c1-13(21-4-5-22-13)7-2-3-9(14)17-12(7)19-10(20)6-8(18-19)11(15)16/h2-3,6,11,18H,4-5H2,1H3. The first-order chi connectivity index (χ1) is 10.4. The lowest BCUT2D eigenvalue weighted by Gasteiger charge is -2.24. The van der Waals surface area contributed by atoms with Gasteiger partial charge in [0, 0.05) is 6.07 Å². The molecule has 3 rings (SSSR count). The van der Waals surface area contributed by atoms with Crippen molar-refractivity contribution >= 4 is 11.6 Å². The molecule has 0 unspecified atom stereocenters. The molecule has 0 radical (unpaired) electrons. The summed E-state index contributed by atoms with van der Waals surface area (Å²) >= 11 is 5.87. The van der Waals surface area contributed by atoms with Crippen molar-refractivity contribution in [1.29, 1.82) is 0 Å². The van der Waals surface area contributed by atoms with E-state index in [0.717, 1.165) is 10.7 Å². The van der Waals surface area contributed by atoms with E-state index in [0.29, 0.717) is 18.8 Å². The van der Waals surface area contributed by atoms with Gasteiger partial charge in [0.15, 0.2) is 11.6 Å². The van der Waals surface area contributed by atoms with Crippen LogP contribution in [0.2, 0.25) is 5.15 Å². The maximum atomic E-state index is 12.8. The molecule has 2 aromatic rings. The fourth-order valence-corrected chi connectivity index (χ4v) is 2.45. The van der Waals surface area contributed by atoms with Crippen molar-refractivity contribution in [2.75, 3.05) is 13.2 Å². The van der Waals surface area contributed by atoms with Gasteiger partial charge in [-0.1, -0.05) is 11.6 Å². The van der Waals surface area contributed by atoms with Crippen LogP contribution in [0.3, 0.4) is 0 Å². The molecule has 0 atom stereocenters. The van der Waals surface area contributed by atoms with E-state index in [1.54, 1.807) is 13.0 Å². The van der Waals surface area contributed by atoms with Crippen molar-refractivity contribution in [3.05, 3.63) is 45.0 Å². The lowest BCUT2D eigenvalue weighted by molar-refractivity contribution is -0.149. The van der Waals surface area contributed by atoms with Gasteiger partial charge in [0.05, 0.1) is 18.8 Å². The molecule has 0 aromatic carbocycles. The van der Waals surface area contributed by atoms with Crippen LogP contribution in [0.4, 0.5) is 8.78 Å². The van der Waals surface area contributed by atoms with E-state index in [2.05, 4.69) is 10.1 Å². The fraction of sp³-hybridized carbons (Fsp3) is 0.385. The Bertz CT molecular complexity index is 753. The van der Waals surface area contributed by atoms with E-state index in [1.165, 1.54) is 6.07 Å². The summed E-state index contributed by atoms with van der Waals surface area (Å²) < 4.78 is 37.5. The number of halogens is 3. The Morgan fingerprint density at radius 3 is 2.68 bits per heavy atom. The number of aromatic nitrogens is 3. The second kappa shape index (κ2) is 5.45. The van der Waals surface area contributed by atoms with E-state index >= 15 is 0 Å². The van der Waals surface area contributed by atoms with Gasteiger partial charge in [0.2, 0.25) is 0 Å². The number of rotatable bonds is 3. The number of hydrogen-bond donors (Lipinski definition) is 1. The van der Waals surface area contributed by atoms with Crippen molar-refractivity contribution in [2.24, 2.45) is 0 Å². The number of ether oxygens (including phenoxy) is 2. The van der Waals surface area contributed by atoms with E-state index in [1.807, 2.05) is 0 Å². The third-order valence-electron chi connectivity index (χ3n) is 3.36. The minimum absolute atomic E-state index is 0.0637. The summed E-state index contributed by atoms with van der Waals surface area (Å²) in [7, 11) is 0. The molecule has 0 aliphatic carbocycles. The molecule has 3 heterocycles. The predicted octanol–water partition coefficient (Wildman–Crippen LogP) is 2.37. The Morgan fingerprint density at radius 2 is 2.09 bits per heavy atom. The second-order valence-corrected chi connectivity index (χ2v) is 5.22. The molecular formula is C13H12ClF2N3O3. The average Bonchev–Trinajstić information content (AvgIpc) is 3.05. The van der Waals surface area contributed by atoms with Crippen LogP contribution in [0.25, 0.3) is 5.82 Å². The minimum atomic E-state index is -2.80. The highest BCUT2D eigenvalue weighted by atomic mass is 35.5. The van der Waals surface area contributed by atoms with Crippen LogP contribution in [-0.2, 0) is 15.3 Å². The molecule has 9 heteroatoms. The zero-order valence-electron chi connectivity index (χ0n) is 11.5. The SMILES string of the molecule is CC1(c2ccc(Cl)nc2-n2[nH]c(C(F)F)cc2=O)OCCO1. The maximum absolute atomic E-state index is 12.8. The molecule has 2 aromatic heterocycles. The lowest BCUT2D eigenvalue weighted by atomic mass is 10.1. The van der Waals surface area contributed by atoms with Crippen molar-refractivity contribution in [3.63, 3.8) is 0 Å². The summed E-state index contributed by atoms with van der Waals surface area (Å²) in [6.45, 7) is 2.41. The highest BCUT2D eigenvalue weighted by Gasteiger charge is 2.37. The smallest absolute Gasteiger partial charge is 0.279 e. The topological polar surface area (TPSA) is 69.1 Å². The zero-order chi connectivity index (χ0) is 15.9. The molecule has 0 amide bonds. The molecule has 1 N–H and O–H groups in total. The average molecular weight is 332 g/mol. The molecule has 6 nitrogen and oxygen atoms in total. The van der Waals surface area contributed by atoms with Crippen molar-refractivity contribution in [3.8, 4) is 5.82 Å². The molecule has 22 heavy (non-hydrogen) atoms. The molecule has 1 aliphatic heterocycles. The Morgan fingerprint density at radius 1 is 1.41 bits per heavy atom. The van der Waals surface area contributed by atoms with Gasteiger partial charge in [-0.05, 0) is 19.1 Å². The number of pyridine rings is 1. The summed E-state index contributed by atoms with van der Waals surface area (Å²) in [6, 6.07) is 3.92. The highest BCUT2D eigenvalue weighted by Crippen LogP contribution is 2.34. The van der Waals surface area contributed by atoms with E-state index in [-0.39, 0.29) is 11.0 Å². The van der Waals surface area contributed by atoms with Crippen molar-refractivity contribution < 1.29 is 18.3 Å². The fourth-order valence-electron chi connectivity index (χ4n) is 2.30. The van der Waals surface area contributed by atoms with Crippen LogP contribution in [0, 0.1) is 0 Å². The number of alkyl halides is 2. The summed E-state index contributed by atoms with van der Waals surface area (Å²) in [5.41, 5.74) is -0.761. The Hall–Kier alpha value is -1.77. The van der Waals surface area contributed by atoms with Gasteiger partial charge in [-0.2, -0.15) is 0 Å². The Kier molecular flexibility index (Phi) is 3.75. The van der Waals surface area contributed by atoms with Crippen LogP contribution < -0.4 is 5.56 Å². The molecule has 0 saturated carbocycles. The summed E-state index contributed by atoms with van der Waals surface area (Å²) in [5.74, 6) is -1.06. The number of H-pyrrole nitrogens is 1. The van der Waals surface area contributed by atoms with Crippen LogP contribution in [-0.4, -0.2) is 28.0 Å². The van der Waals surface area contributed by atoms with Gasteiger partial charge >= 0.3 is 0 Å². The number of nitrogens with zero attached hydrogens (tertiary/aromatic N) is 2. The number of nitrogens with one attached hydrogen (secondary N) is 1. The monoisotopic (exact) mass is 331 g/mol. The molecule has 1 aliphatic rings. The highest BCUT2D eigenvalue weighted by molar-refractivity contribution is 6.29. The Labute approximate surface area is 128 Å². The van der Waals surface area contributed by atoms with Gasteiger partial charge < -0.3 is 9.47 Å². The largest absolute Gasteiger partial charge is 0.344 e. The van der Waals surface area contributed by atoms with E-state index in [9.17, 15) is 13.6 Å². The van der Waals surface area contributed by atoms with E-state index < -0.39 is 23.5 Å². The minimum Gasteiger partial charge on any atom is -0.344 e. The molecule has 0 bridgehead atoms. The first-order valence-electron chi connectivity index (χ1n) is 6.46. The molecular weight excluding hydrogens is 320 g/mol. The summed E-state index contributed by atoms with van der Waals surface area (Å²) in [5, 5.41) is 2.44. The zero-order valence-corrected chi connectivity index (χ0v) is 12.2. The molecule has 118 valence electrons. The van der Waals surface area contributed by atoms with Crippen molar-refractivity contribution in [1.82, 2.24) is 14.8 Å². The predicted molar refractivity (Wildman–Crippen MR) is 73.4 cm³/mol. The maximum Gasteiger partial charge on any atom is 0.279 e. The second-order valence-electron chi connectivity index (χ2n) is 4.83. The van der Waals surface area contributed by atoms with E-state index in [4.69, 9.17) is 21.1 Å². The third-order valence-corrected chi connectivity index (χ3v) is 3.57. The van der Waals surface area contributed by atoms with Gasteiger partial charge in [0.1, 0.15) is 10.8 Å². The summed E-state index contributed by atoms with van der Waals surface area (Å²) in [6.07, 6.45) is -2.80. The van der Waals surface area contributed by atoms with Gasteiger partial charge in [0.25, 0.3) is 12.0 Å². The number of aromatic amines is 1. The summed E-state index contributed by atoms with van der Waals surface area (Å²) in [4.78, 5) is 16.0. The first-order valence-corrected chi connectivity index (χ1v) is 6.84. The van der Waals surface area contributed by atoms with Gasteiger partial charge in [-0.25, -0.2) is 18.4 Å². The number of hydrogen-bond acceptors (Lipinski definition) is 4. The molecule has 1 saturated heterocycles. The van der Waals surface area contributed by atoms with Crippen LogP contribution in [0.15, 0.2) is 23.0 Å². The third kappa shape index (κ3) is 2.53.